The zero-order chi connectivity index (χ0) is 26.3. The van der Waals surface area contributed by atoms with E-state index in [2.05, 4.69) is 10.0 Å². The molecule has 0 saturated carbocycles. The van der Waals surface area contributed by atoms with Crippen LogP contribution in [0.4, 0.5) is 0 Å². The van der Waals surface area contributed by atoms with Gasteiger partial charge in [-0.1, -0.05) is 67.1 Å². The molecule has 0 aromatic heterocycles. The molecule has 0 aliphatic carbocycles. The first-order chi connectivity index (χ1) is 17.8. The van der Waals surface area contributed by atoms with Crippen LogP contribution >= 0.6 is 0 Å². The normalized spacial score (nSPS) is 15.7. The summed E-state index contributed by atoms with van der Waals surface area (Å²) in [7, 11) is -7.46. The van der Waals surface area contributed by atoms with Crippen LogP contribution in [-0.2, 0) is 37.8 Å². The average molecular weight is 542 g/mol. The Hall–Kier alpha value is -3.05. The smallest absolute Gasteiger partial charge is 0.243 e. The summed E-state index contributed by atoms with van der Waals surface area (Å²) in [5.41, 5.74) is 1.51. The third-order valence-corrected chi connectivity index (χ3v) is 9.69. The number of nitrogens with zero attached hydrogens (tertiary/aromatic N) is 1. The molecule has 0 unspecified atom stereocenters. The topological polar surface area (TPSA) is 113 Å². The van der Waals surface area contributed by atoms with Gasteiger partial charge >= 0.3 is 0 Å². The fourth-order valence-corrected chi connectivity index (χ4v) is 6.97. The fraction of sp³-hybridized carbons (Fsp3) is 0.296. The molecule has 3 aromatic rings. The number of sulfonamides is 2. The number of piperidine rings is 1. The number of nitrogens with one attached hydrogen (secondary N) is 2. The van der Waals surface area contributed by atoms with Gasteiger partial charge < -0.3 is 5.32 Å². The van der Waals surface area contributed by atoms with Gasteiger partial charge in [-0.2, -0.15) is 9.03 Å². The summed E-state index contributed by atoms with van der Waals surface area (Å²) in [6.07, 6.45) is 2.94. The molecule has 1 amide bonds. The van der Waals surface area contributed by atoms with Gasteiger partial charge in [0.15, 0.2) is 0 Å². The van der Waals surface area contributed by atoms with Crippen LogP contribution in [0.2, 0.25) is 0 Å². The second-order valence-electron chi connectivity index (χ2n) is 9.00. The minimum atomic E-state index is -3.92. The standard InChI is InChI=1S/C27H31N3O5S2/c31-27(28-21-23-14-16-25(17-15-23)37(34,35)30-18-8-3-9-19-30)26(20-22-10-4-1-5-11-22)29-36(32,33)24-12-6-2-7-13-24/h1-2,4-7,10-17,26,29H,3,8-9,18-21H2,(H,28,31)/t26-/m1/s1. The molecule has 10 heteroatoms. The molecule has 3 aromatic carbocycles. The summed E-state index contributed by atoms with van der Waals surface area (Å²) in [5.74, 6) is -0.478. The van der Waals surface area contributed by atoms with Gasteiger partial charge in [0.05, 0.1) is 9.79 Å². The summed E-state index contributed by atoms with van der Waals surface area (Å²) in [4.78, 5) is 13.4. The molecule has 1 atom stereocenters. The minimum absolute atomic E-state index is 0.0753. The molecule has 196 valence electrons. The quantitative estimate of drug-likeness (QED) is 0.410. The van der Waals surface area contributed by atoms with E-state index in [4.69, 9.17) is 0 Å². The molecule has 0 radical (unpaired) electrons. The van der Waals surface area contributed by atoms with Crippen molar-refractivity contribution in [3.05, 3.63) is 96.1 Å². The Kier molecular flexibility index (Phi) is 8.75. The van der Waals surface area contributed by atoms with E-state index in [0.29, 0.717) is 18.7 Å². The largest absolute Gasteiger partial charge is 0.351 e. The van der Waals surface area contributed by atoms with E-state index in [0.717, 1.165) is 24.8 Å². The van der Waals surface area contributed by atoms with Gasteiger partial charge in [-0.05, 0) is 54.7 Å². The van der Waals surface area contributed by atoms with Crippen molar-refractivity contribution in [1.29, 1.82) is 0 Å². The highest BCUT2D eigenvalue weighted by Gasteiger charge is 2.27. The van der Waals surface area contributed by atoms with E-state index in [1.165, 1.54) is 16.4 Å². The highest BCUT2D eigenvalue weighted by molar-refractivity contribution is 7.89. The summed E-state index contributed by atoms with van der Waals surface area (Å²) in [6, 6.07) is 22.5. The van der Waals surface area contributed by atoms with Crippen LogP contribution in [-0.4, -0.2) is 46.2 Å². The Bertz CT molecular complexity index is 1390. The third-order valence-electron chi connectivity index (χ3n) is 6.29. The molecule has 1 heterocycles. The van der Waals surface area contributed by atoms with Crippen molar-refractivity contribution in [2.45, 2.75) is 48.1 Å². The number of amides is 1. The van der Waals surface area contributed by atoms with Crippen molar-refractivity contribution in [2.75, 3.05) is 13.1 Å². The van der Waals surface area contributed by atoms with Gasteiger partial charge in [-0.15, -0.1) is 0 Å². The monoisotopic (exact) mass is 541 g/mol. The van der Waals surface area contributed by atoms with Crippen molar-refractivity contribution in [1.82, 2.24) is 14.3 Å². The molecule has 1 aliphatic rings. The maximum absolute atomic E-state index is 13.1. The van der Waals surface area contributed by atoms with E-state index in [1.807, 2.05) is 30.3 Å². The summed E-state index contributed by atoms with van der Waals surface area (Å²) >= 11 is 0. The number of hydrogen-bond acceptors (Lipinski definition) is 5. The third kappa shape index (κ3) is 7.04. The van der Waals surface area contributed by atoms with Crippen LogP contribution in [0.15, 0.2) is 94.7 Å². The van der Waals surface area contributed by atoms with Crippen LogP contribution in [0.25, 0.3) is 0 Å². The first kappa shape index (κ1) is 27.0. The van der Waals surface area contributed by atoms with Crippen molar-refractivity contribution in [3.63, 3.8) is 0 Å². The highest BCUT2D eigenvalue weighted by atomic mass is 32.2. The van der Waals surface area contributed by atoms with Crippen molar-refractivity contribution in [2.24, 2.45) is 0 Å². The van der Waals surface area contributed by atoms with E-state index in [-0.39, 0.29) is 22.8 Å². The predicted octanol–water partition coefficient (Wildman–Crippen LogP) is 3.07. The Morgan fingerprint density at radius 2 is 1.32 bits per heavy atom. The van der Waals surface area contributed by atoms with E-state index >= 15 is 0 Å². The molecule has 37 heavy (non-hydrogen) atoms. The first-order valence-electron chi connectivity index (χ1n) is 12.2. The second-order valence-corrected chi connectivity index (χ2v) is 12.7. The lowest BCUT2D eigenvalue weighted by Gasteiger charge is -2.25. The average Bonchev–Trinajstić information content (AvgIpc) is 2.93. The lowest BCUT2D eigenvalue weighted by atomic mass is 10.1. The van der Waals surface area contributed by atoms with E-state index in [1.54, 1.807) is 42.5 Å². The van der Waals surface area contributed by atoms with Crippen LogP contribution in [0.3, 0.4) is 0 Å². The Morgan fingerprint density at radius 1 is 0.730 bits per heavy atom. The summed E-state index contributed by atoms with van der Waals surface area (Å²) < 4.78 is 55.6. The molecule has 0 spiro atoms. The number of carbonyl (C=O) groups excluding carboxylic acids is 1. The zero-order valence-corrected chi connectivity index (χ0v) is 22.0. The van der Waals surface area contributed by atoms with E-state index < -0.39 is 32.0 Å². The lowest BCUT2D eigenvalue weighted by molar-refractivity contribution is -0.122. The van der Waals surface area contributed by atoms with Crippen LogP contribution < -0.4 is 10.0 Å². The second kappa shape index (κ2) is 12.0. The predicted molar refractivity (Wildman–Crippen MR) is 142 cm³/mol. The Morgan fingerprint density at radius 3 is 1.95 bits per heavy atom. The number of rotatable bonds is 10. The van der Waals surface area contributed by atoms with Gasteiger partial charge in [-0.25, -0.2) is 16.8 Å². The molecular weight excluding hydrogens is 510 g/mol. The van der Waals surface area contributed by atoms with Gasteiger partial charge in [-0.3, -0.25) is 4.79 Å². The highest BCUT2D eigenvalue weighted by Crippen LogP contribution is 2.21. The lowest BCUT2D eigenvalue weighted by Crippen LogP contribution is -2.47. The van der Waals surface area contributed by atoms with E-state index in [9.17, 15) is 21.6 Å². The molecule has 1 saturated heterocycles. The van der Waals surface area contributed by atoms with Gasteiger partial charge in [0, 0.05) is 19.6 Å². The van der Waals surface area contributed by atoms with Crippen LogP contribution in [0.5, 0.6) is 0 Å². The van der Waals surface area contributed by atoms with Crippen LogP contribution in [0, 0.1) is 0 Å². The maximum Gasteiger partial charge on any atom is 0.243 e. The molecule has 4 rings (SSSR count). The maximum atomic E-state index is 13.1. The molecule has 1 fully saturated rings. The molecule has 0 bridgehead atoms. The first-order valence-corrected chi connectivity index (χ1v) is 15.2. The number of hydrogen-bond donors (Lipinski definition) is 2. The fourth-order valence-electron chi connectivity index (χ4n) is 4.24. The van der Waals surface area contributed by atoms with Gasteiger partial charge in [0.1, 0.15) is 6.04 Å². The number of carbonyl (C=O) groups is 1. The van der Waals surface area contributed by atoms with Gasteiger partial charge in [0.25, 0.3) is 0 Å². The van der Waals surface area contributed by atoms with Crippen molar-refractivity contribution >= 4 is 26.0 Å². The van der Waals surface area contributed by atoms with Crippen LogP contribution in [0.1, 0.15) is 30.4 Å². The number of benzene rings is 3. The van der Waals surface area contributed by atoms with Crippen molar-refractivity contribution in [3.8, 4) is 0 Å². The summed E-state index contributed by atoms with van der Waals surface area (Å²) in [6.45, 7) is 1.19. The zero-order valence-electron chi connectivity index (χ0n) is 20.4. The SMILES string of the molecule is O=C(NCc1ccc(S(=O)(=O)N2CCCCC2)cc1)[C@@H](Cc1ccccc1)NS(=O)(=O)c1ccccc1. The molecular formula is C27H31N3O5S2. The Balaban J connectivity index is 1.45. The summed E-state index contributed by atoms with van der Waals surface area (Å²) in [5, 5.41) is 2.79. The van der Waals surface area contributed by atoms with Gasteiger partial charge in [0.2, 0.25) is 26.0 Å². The molecule has 1 aliphatic heterocycles. The van der Waals surface area contributed by atoms with Crippen molar-refractivity contribution < 1.29 is 21.6 Å². The minimum Gasteiger partial charge on any atom is -0.351 e. The molecule has 8 nitrogen and oxygen atoms in total. The Labute approximate surface area is 218 Å². The molecule has 2 N–H and O–H groups in total.